The zero-order valence-corrected chi connectivity index (χ0v) is 12.5. The maximum atomic E-state index is 3.50. The van der Waals surface area contributed by atoms with E-state index in [-0.39, 0.29) is 0 Å². The van der Waals surface area contributed by atoms with Gasteiger partial charge in [-0.2, -0.15) is 0 Å². The molecule has 1 rings (SSSR count). The third-order valence-corrected chi connectivity index (χ3v) is 4.27. The Balaban J connectivity index is 1.88. The highest BCUT2D eigenvalue weighted by molar-refractivity contribution is 9.11. The molecule has 0 saturated carbocycles. The van der Waals surface area contributed by atoms with Crippen LogP contribution >= 0.6 is 27.3 Å². The van der Waals surface area contributed by atoms with Crippen molar-refractivity contribution in [2.75, 3.05) is 13.1 Å². The Morgan fingerprint density at radius 1 is 1.12 bits per heavy atom. The second kappa shape index (κ2) is 9.20. The van der Waals surface area contributed by atoms with Crippen molar-refractivity contribution in [3.63, 3.8) is 0 Å². The third kappa shape index (κ3) is 6.66. The minimum atomic E-state index is 1.17. The number of hydrogen-bond acceptors (Lipinski definition) is 2. The van der Waals surface area contributed by atoms with Crippen LogP contribution < -0.4 is 5.32 Å². The number of rotatable bonds is 9. The number of unbranched alkanes of at least 4 members (excludes halogenated alkanes) is 3. The molecule has 0 radical (unpaired) electrons. The van der Waals surface area contributed by atoms with Crippen molar-refractivity contribution < 1.29 is 0 Å². The average Bonchev–Trinajstić information content (AvgIpc) is 2.68. The predicted molar refractivity (Wildman–Crippen MR) is 77.4 cm³/mol. The van der Waals surface area contributed by atoms with Gasteiger partial charge in [-0.3, -0.25) is 0 Å². The molecular weight excluding hydrogens is 282 g/mol. The Hall–Kier alpha value is 0.140. The summed E-state index contributed by atoms with van der Waals surface area (Å²) in [6, 6.07) is 4.38. The number of hydrogen-bond donors (Lipinski definition) is 1. The highest BCUT2D eigenvalue weighted by Gasteiger charge is 1.97. The smallest absolute Gasteiger partial charge is 0.0701 e. The molecule has 1 nitrogen and oxygen atoms in total. The Labute approximate surface area is 112 Å². The van der Waals surface area contributed by atoms with Crippen molar-refractivity contribution in [2.24, 2.45) is 0 Å². The van der Waals surface area contributed by atoms with E-state index in [2.05, 4.69) is 40.3 Å². The van der Waals surface area contributed by atoms with Crippen LogP contribution in [0.4, 0.5) is 0 Å². The van der Waals surface area contributed by atoms with Crippen molar-refractivity contribution in [1.82, 2.24) is 5.32 Å². The summed E-state index contributed by atoms with van der Waals surface area (Å²) in [5, 5.41) is 3.44. The summed E-state index contributed by atoms with van der Waals surface area (Å²) >= 11 is 5.37. The van der Waals surface area contributed by atoms with Gasteiger partial charge in [0.1, 0.15) is 0 Å². The molecule has 0 aliphatic rings. The van der Waals surface area contributed by atoms with Gasteiger partial charge in [0.25, 0.3) is 0 Å². The maximum absolute atomic E-state index is 3.50. The molecular formula is C13H22BrNS. The van der Waals surface area contributed by atoms with Crippen LogP contribution in [0.2, 0.25) is 0 Å². The maximum Gasteiger partial charge on any atom is 0.0701 e. The van der Waals surface area contributed by atoms with E-state index in [9.17, 15) is 0 Å². The van der Waals surface area contributed by atoms with Gasteiger partial charge < -0.3 is 5.32 Å². The Kier molecular flexibility index (Phi) is 8.17. The molecule has 0 aliphatic heterocycles. The predicted octanol–water partition coefficient (Wildman–Crippen LogP) is 4.61. The lowest BCUT2D eigenvalue weighted by atomic mass is 10.1. The summed E-state index contributed by atoms with van der Waals surface area (Å²) < 4.78 is 1.26. The van der Waals surface area contributed by atoms with Gasteiger partial charge in [0, 0.05) is 4.88 Å². The number of halogens is 1. The lowest BCUT2D eigenvalue weighted by Crippen LogP contribution is -2.15. The first kappa shape index (κ1) is 14.2. The molecule has 1 heterocycles. The molecule has 3 heteroatoms. The van der Waals surface area contributed by atoms with E-state index in [1.807, 2.05) is 11.3 Å². The molecule has 0 saturated heterocycles. The molecule has 1 aromatic rings. The van der Waals surface area contributed by atoms with Crippen molar-refractivity contribution in [3.8, 4) is 0 Å². The first-order chi connectivity index (χ1) is 7.83. The number of nitrogens with one attached hydrogen (secondary N) is 1. The Morgan fingerprint density at radius 3 is 2.62 bits per heavy atom. The standard InChI is InChI=1S/C13H22BrNS/c1-2-10-15-11-6-4-3-5-7-12-8-9-13(14)16-12/h8-9,15H,2-7,10-11H2,1H3. The van der Waals surface area contributed by atoms with Crippen LogP contribution in [0.15, 0.2) is 15.9 Å². The average molecular weight is 304 g/mol. The molecule has 0 aliphatic carbocycles. The largest absolute Gasteiger partial charge is 0.317 e. The van der Waals surface area contributed by atoms with Crippen molar-refractivity contribution in [2.45, 2.75) is 45.4 Å². The summed E-state index contributed by atoms with van der Waals surface area (Å²) in [5.41, 5.74) is 0. The van der Waals surface area contributed by atoms with Gasteiger partial charge in [-0.15, -0.1) is 11.3 Å². The number of aryl methyl sites for hydroxylation is 1. The van der Waals surface area contributed by atoms with Crippen LogP contribution in [-0.2, 0) is 6.42 Å². The second-order valence-electron chi connectivity index (χ2n) is 4.12. The highest BCUT2D eigenvalue weighted by Crippen LogP contribution is 2.23. The second-order valence-corrected chi connectivity index (χ2v) is 6.67. The lowest BCUT2D eigenvalue weighted by molar-refractivity contribution is 0.585. The molecule has 0 fully saturated rings. The van der Waals surface area contributed by atoms with Gasteiger partial charge >= 0.3 is 0 Å². The Bertz CT molecular complexity index is 273. The van der Waals surface area contributed by atoms with Gasteiger partial charge in [0.05, 0.1) is 3.79 Å². The third-order valence-electron chi connectivity index (χ3n) is 2.58. The summed E-state index contributed by atoms with van der Waals surface area (Å²) in [7, 11) is 0. The van der Waals surface area contributed by atoms with E-state index in [0.717, 1.165) is 0 Å². The van der Waals surface area contributed by atoms with Crippen LogP contribution in [0.5, 0.6) is 0 Å². The molecule has 0 atom stereocenters. The summed E-state index contributed by atoms with van der Waals surface area (Å²) in [6.07, 6.45) is 7.88. The first-order valence-electron chi connectivity index (χ1n) is 6.28. The van der Waals surface area contributed by atoms with E-state index < -0.39 is 0 Å². The fraction of sp³-hybridized carbons (Fsp3) is 0.692. The summed E-state index contributed by atoms with van der Waals surface area (Å²) in [4.78, 5) is 1.51. The van der Waals surface area contributed by atoms with Crippen LogP contribution in [0.1, 0.15) is 43.9 Å². The fourth-order valence-corrected chi connectivity index (χ4v) is 3.22. The van der Waals surface area contributed by atoms with Crippen molar-refractivity contribution >= 4 is 27.3 Å². The minimum Gasteiger partial charge on any atom is -0.317 e. The number of thiophene rings is 1. The molecule has 16 heavy (non-hydrogen) atoms. The lowest BCUT2D eigenvalue weighted by Gasteiger charge is -2.02. The monoisotopic (exact) mass is 303 g/mol. The van der Waals surface area contributed by atoms with E-state index in [1.165, 1.54) is 60.3 Å². The topological polar surface area (TPSA) is 12.0 Å². The van der Waals surface area contributed by atoms with Crippen LogP contribution in [0, 0.1) is 0 Å². The van der Waals surface area contributed by atoms with Crippen molar-refractivity contribution in [3.05, 3.63) is 20.8 Å². The van der Waals surface area contributed by atoms with E-state index >= 15 is 0 Å². The van der Waals surface area contributed by atoms with E-state index in [0.29, 0.717) is 0 Å². The molecule has 92 valence electrons. The quantitative estimate of drug-likeness (QED) is 0.657. The molecule has 0 bridgehead atoms. The van der Waals surface area contributed by atoms with E-state index in [1.54, 1.807) is 0 Å². The molecule has 0 amide bonds. The van der Waals surface area contributed by atoms with Gasteiger partial charge in [0.2, 0.25) is 0 Å². The van der Waals surface area contributed by atoms with Crippen molar-refractivity contribution in [1.29, 1.82) is 0 Å². The molecule has 0 spiro atoms. The van der Waals surface area contributed by atoms with Gasteiger partial charge in [0.15, 0.2) is 0 Å². The minimum absolute atomic E-state index is 1.17. The van der Waals surface area contributed by atoms with Gasteiger partial charge in [-0.05, 0) is 66.8 Å². The van der Waals surface area contributed by atoms with Crippen LogP contribution in [-0.4, -0.2) is 13.1 Å². The van der Waals surface area contributed by atoms with Gasteiger partial charge in [-0.1, -0.05) is 19.8 Å². The molecule has 0 unspecified atom stereocenters. The zero-order valence-electron chi connectivity index (χ0n) is 10.1. The zero-order chi connectivity index (χ0) is 11.6. The molecule has 1 aromatic heterocycles. The normalized spacial score (nSPS) is 10.9. The summed E-state index contributed by atoms with van der Waals surface area (Å²) in [5.74, 6) is 0. The fourth-order valence-electron chi connectivity index (χ4n) is 1.69. The van der Waals surface area contributed by atoms with E-state index in [4.69, 9.17) is 0 Å². The van der Waals surface area contributed by atoms with Crippen LogP contribution in [0.25, 0.3) is 0 Å². The SMILES string of the molecule is CCCNCCCCCCc1ccc(Br)s1. The van der Waals surface area contributed by atoms with Crippen LogP contribution in [0.3, 0.4) is 0 Å². The first-order valence-corrected chi connectivity index (χ1v) is 7.89. The molecule has 0 aromatic carbocycles. The highest BCUT2D eigenvalue weighted by atomic mass is 79.9. The van der Waals surface area contributed by atoms with Gasteiger partial charge in [-0.25, -0.2) is 0 Å². The molecule has 1 N–H and O–H groups in total. The summed E-state index contributed by atoms with van der Waals surface area (Å²) in [6.45, 7) is 4.58. The Morgan fingerprint density at radius 2 is 1.94 bits per heavy atom.